The lowest BCUT2D eigenvalue weighted by molar-refractivity contribution is -0.385. The van der Waals surface area contributed by atoms with Gasteiger partial charge in [0, 0.05) is 36.0 Å². The molecule has 0 atom stereocenters. The van der Waals surface area contributed by atoms with Crippen LogP contribution in [-0.4, -0.2) is 17.4 Å². The molecule has 3 rings (SSSR count). The molecule has 1 aliphatic carbocycles. The predicted molar refractivity (Wildman–Crippen MR) is 104 cm³/mol. The van der Waals surface area contributed by atoms with Crippen molar-refractivity contribution < 1.29 is 14.5 Å². The summed E-state index contributed by atoms with van der Waals surface area (Å²) in [6, 6.07) is 12.4. The van der Waals surface area contributed by atoms with Gasteiger partial charge in [-0.3, -0.25) is 14.9 Å². The fourth-order valence-corrected chi connectivity index (χ4v) is 2.92. The van der Waals surface area contributed by atoms with Gasteiger partial charge in [-0.15, -0.1) is 0 Å². The summed E-state index contributed by atoms with van der Waals surface area (Å²) < 4.78 is 5.36. The van der Waals surface area contributed by atoms with Gasteiger partial charge in [-0.1, -0.05) is 18.6 Å². The molecule has 7 nitrogen and oxygen atoms in total. The maximum Gasteiger partial charge on any atom is 0.311 e. The molecule has 2 N–H and O–H groups in total. The molecule has 0 heterocycles. The average Bonchev–Trinajstić information content (AvgIpc) is 2.59. The summed E-state index contributed by atoms with van der Waals surface area (Å²) in [7, 11) is 0. The molecule has 0 bridgehead atoms. The van der Waals surface area contributed by atoms with Crippen molar-refractivity contribution in [2.45, 2.75) is 32.7 Å². The highest BCUT2D eigenvalue weighted by Crippen LogP contribution is 2.30. The molecule has 0 spiro atoms. The smallest absolute Gasteiger partial charge is 0.311 e. The summed E-state index contributed by atoms with van der Waals surface area (Å²) in [6.07, 6.45) is 3.06. The highest BCUT2D eigenvalue weighted by Gasteiger charge is 2.25. The Bertz CT molecular complexity index is 834. The van der Waals surface area contributed by atoms with E-state index in [1.54, 1.807) is 19.1 Å². The number of carbonyl (C=O) groups excluding carboxylic acids is 1. The summed E-state index contributed by atoms with van der Waals surface area (Å²) in [6.45, 7) is 2.66. The first-order valence-electron chi connectivity index (χ1n) is 9.11. The van der Waals surface area contributed by atoms with Crippen LogP contribution in [0.1, 0.15) is 31.7 Å². The lowest BCUT2D eigenvalue weighted by Gasteiger charge is -2.24. The van der Waals surface area contributed by atoms with Crippen LogP contribution in [0.25, 0.3) is 0 Å². The van der Waals surface area contributed by atoms with Gasteiger partial charge in [0.25, 0.3) is 0 Å². The van der Waals surface area contributed by atoms with Crippen LogP contribution in [0.2, 0.25) is 0 Å². The standard InChI is InChI=1S/C20H23N3O4/c1-2-27-19-12-16(9-10-18(19)23(25)26)21-13-14-5-3-8-17(11-14)22-20(24)15-6-4-7-15/h3,5,8-12,15,21H,2,4,6-7,13H2,1H3,(H,22,24). The van der Waals surface area contributed by atoms with Crippen LogP contribution >= 0.6 is 0 Å². The van der Waals surface area contributed by atoms with E-state index in [2.05, 4.69) is 10.6 Å². The van der Waals surface area contributed by atoms with Crippen LogP contribution in [0.4, 0.5) is 17.1 Å². The first-order valence-corrected chi connectivity index (χ1v) is 9.11. The van der Waals surface area contributed by atoms with Crippen LogP contribution in [-0.2, 0) is 11.3 Å². The Hall–Kier alpha value is -3.09. The van der Waals surface area contributed by atoms with Crippen molar-refractivity contribution in [2.24, 2.45) is 5.92 Å². The molecule has 2 aromatic rings. The second-order valence-corrected chi connectivity index (χ2v) is 6.54. The minimum atomic E-state index is -0.455. The van der Waals surface area contributed by atoms with E-state index in [0.717, 1.165) is 36.2 Å². The molecule has 2 aromatic carbocycles. The number of hydrogen-bond acceptors (Lipinski definition) is 5. The average molecular weight is 369 g/mol. The van der Waals surface area contributed by atoms with E-state index in [0.29, 0.717) is 13.2 Å². The number of nitro benzene ring substituents is 1. The molecule has 1 amide bonds. The SMILES string of the molecule is CCOc1cc(NCc2cccc(NC(=O)C3CCC3)c2)ccc1[N+](=O)[O-]. The maximum absolute atomic E-state index is 12.1. The number of nitro groups is 1. The van der Waals surface area contributed by atoms with E-state index >= 15 is 0 Å². The Kier molecular flexibility index (Phi) is 5.90. The summed E-state index contributed by atoms with van der Waals surface area (Å²) >= 11 is 0. The van der Waals surface area contributed by atoms with Crippen LogP contribution in [0, 0.1) is 16.0 Å². The molecular formula is C20H23N3O4. The van der Waals surface area contributed by atoms with Crippen LogP contribution < -0.4 is 15.4 Å². The highest BCUT2D eigenvalue weighted by molar-refractivity contribution is 5.93. The number of rotatable bonds is 8. The molecule has 0 radical (unpaired) electrons. The lowest BCUT2D eigenvalue weighted by atomic mass is 9.85. The molecule has 0 unspecified atom stereocenters. The zero-order chi connectivity index (χ0) is 19.2. The van der Waals surface area contributed by atoms with E-state index in [-0.39, 0.29) is 23.3 Å². The number of hydrogen-bond donors (Lipinski definition) is 2. The predicted octanol–water partition coefficient (Wildman–Crippen LogP) is 4.34. The molecule has 0 aliphatic heterocycles. The third-order valence-electron chi connectivity index (χ3n) is 4.62. The van der Waals surface area contributed by atoms with Gasteiger partial charge in [-0.2, -0.15) is 0 Å². The third kappa shape index (κ3) is 4.75. The fourth-order valence-electron chi connectivity index (χ4n) is 2.92. The molecular weight excluding hydrogens is 346 g/mol. The van der Waals surface area contributed by atoms with Crippen molar-refractivity contribution >= 4 is 23.0 Å². The molecule has 7 heteroatoms. The quantitative estimate of drug-likeness (QED) is 0.533. The molecule has 1 aliphatic rings. The van der Waals surface area contributed by atoms with E-state index < -0.39 is 4.92 Å². The van der Waals surface area contributed by atoms with Crippen molar-refractivity contribution in [3.05, 3.63) is 58.1 Å². The van der Waals surface area contributed by atoms with E-state index in [9.17, 15) is 14.9 Å². The topological polar surface area (TPSA) is 93.5 Å². The third-order valence-corrected chi connectivity index (χ3v) is 4.62. The molecule has 1 saturated carbocycles. The number of nitrogens with zero attached hydrogens (tertiary/aromatic N) is 1. The van der Waals surface area contributed by atoms with Crippen molar-refractivity contribution in [1.82, 2.24) is 0 Å². The Labute approximate surface area is 157 Å². The monoisotopic (exact) mass is 369 g/mol. The fraction of sp³-hybridized carbons (Fsp3) is 0.350. The van der Waals surface area contributed by atoms with Crippen molar-refractivity contribution in [1.29, 1.82) is 0 Å². The van der Waals surface area contributed by atoms with Gasteiger partial charge >= 0.3 is 5.69 Å². The van der Waals surface area contributed by atoms with Gasteiger partial charge in [0.15, 0.2) is 5.75 Å². The minimum Gasteiger partial charge on any atom is -0.487 e. The number of benzene rings is 2. The molecule has 142 valence electrons. The second-order valence-electron chi connectivity index (χ2n) is 6.54. The molecule has 0 aromatic heterocycles. The molecule has 1 fully saturated rings. The number of ether oxygens (including phenoxy) is 1. The lowest BCUT2D eigenvalue weighted by Crippen LogP contribution is -2.28. The van der Waals surface area contributed by atoms with Gasteiger partial charge in [0.2, 0.25) is 5.91 Å². The highest BCUT2D eigenvalue weighted by atomic mass is 16.6. The Morgan fingerprint density at radius 2 is 2.04 bits per heavy atom. The van der Waals surface area contributed by atoms with Gasteiger partial charge in [-0.25, -0.2) is 0 Å². The number of nitrogens with one attached hydrogen (secondary N) is 2. The Morgan fingerprint density at radius 3 is 2.70 bits per heavy atom. The second kappa shape index (κ2) is 8.53. The summed E-state index contributed by atoms with van der Waals surface area (Å²) in [5.41, 5.74) is 2.46. The number of carbonyl (C=O) groups is 1. The largest absolute Gasteiger partial charge is 0.487 e. The zero-order valence-corrected chi connectivity index (χ0v) is 15.2. The van der Waals surface area contributed by atoms with Crippen molar-refractivity contribution in [2.75, 3.05) is 17.2 Å². The first-order chi connectivity index (χ1) is 13.1. The van der Waals surface area contributed by atoms with Gasteiger partial charge < -0.3 is 15.4 Å². The van der Waals surface area contributed by atoms with E-state index in [1.807, 2.05) is 24.3 Å². The number of amides is 1. The molecule has 0 saturated heterocycles. The summed E-state index contributed by atoms with van der Waals surface area (Å²) in [5.74, 6) is 0.473. The van der Waals surface area contributed by atoms with Crippen LogP contribution in [0.3, 0.4) is 0 Å². The minimum absolute atomic E-state index is 0.0527. The number of anilines is 2. The van der Waals surface area contributed by atoms with Gasteiger partial charge in [0.1, 0.15) is 0 Å². The summed E-state index contributed by atoms with van der Waals surface area (Å²) in [5, 5.41) is 17.3. The van der Waals surface area contributed by atoms with Crippen molar-refractivity contribution in [3.8, 4) is 5.75 Å². The maximum atomic E-state index is 12.1. The Balaban J connectivity index is 1.64. The first kappa shape index (κ1) is 18.7. The zero-order valence-electron chi connectivity index (χ0n) is 15.2. The van der Waals surface area contributed by atoms with E-state index in [1.165, 1.54) is 6.07 Å². The van der Waals surface area contributed by atoms with Gasteiger partial charge in [0.05, 0.1) is 11.5 Å². The van der Waals surface area contributed by atoms with Gasteiger partial charge in [-0.05, 0) is 43.5 Å². The van der Waals surface area contributed by atoms with Crippen LogP contribution in [0.15, 0.2) is 42.5 Å². The van der Waals surface area contributed by atoms with E-state index in [4.69, 9.17) is 4.74 Å². The normalized spacial score (nSPS) is 13.5. The Morgan fingerprint density at radius 1 is 1.22 bits per heavy atom. The summed E-state index contributed by atoms with van der Waals surface area (Å²) in [4.78, 5) is 22.7. The van der Waals surface area contributed by atoms with Crippen molar-refractivity contribution in [3.63, 3.8) is 0 Å². The van der Waals surface area contributed by atoms with Crippen LogP contribution in [0.5, 0.6) is 5.75 Å². The molecule has 27 heavy (non-hydrogen) atoms.